The fourth-order valence-corrected chi connectivity index (χ4v) is 1.57. The lowest BCUT2D eigenvalue weighted by Crippen LogP contribution is -2.14. The van der Waals surface area contributed by atoms with Crippen molar-refractivity contribution < 1.29 is 24.2 Å². The summed E-state index contributed by atoms with van der Waals surface area (Å²) in [7, 11) is 1.62. The summed E-state index contributed by atoms with van der Waals surface area (Å²) in [6, 6.07) is 5.08. The molecule has 7 nitrogen and oxygen atoms in total. The van der Waals surface area contributed by atoms with Gasteiger partial charge in [0.2, 0.25) is 0 Å². The van der Waals surface area contributed by atoms with Crippen LogP contribution in [0.25, 0.3) is 0 Å². The summed E-state index contributed by atoms with van der Waals surface area (Å²) in [5, 5.41) is 11.6. The van der Waals surface area contributed by atoms with Gasteiger partial charge in [-0.3, -0.25) is 0 Å². The Balaban J connectivity index is 2.60. The van der Waals surface area contributed by atoms with Crippen molar-refractivity contribution in [3.63, 3.8) is 0 Å². The van der Waals surface area contributed by atoms with Crippen molar-refractivity contribution in [1.82, 2.24) is 0 Å². The van der Waals surface area contributed by atoms with Crippen LogP contribution in [0, 0.1) is 0 Å². The van der Waals surface area contributed by atoms with Crippen LogP contribution in [0.15, 0.2) is 23.4 Å². The lowest BCUT2D eigenvalue weighted by molar-refractivity contribution is 0.0539. The molecule has 0 unspecified atom stereocenters. The normalized spacial score (nSPS) is 11.4. The van der Waals surface area contributed by atoms with Crippen LogP contribution in [-0.4, -0.2) is 51.2 Å². The predicted molar refractivity (Wildman–Crippen MR) is 78.3 cm³/mol. The van der Waals surface area contributed by atoms with Crippen molar-refractivity contribution in [3.05, 3.63) is 23.8 Å². The van der Waals surface area contributed by atoms with Gasteiger partial charge in [0.05, 0.1) is 26.4 Å². The molecule has 3 N–H and O–H groups in total. The summed E-state index contributed by atoms with van der Waals surface area (Å²) in [4.78, 5) is 0. The molecule has 0 aliphatic carbocycles. The first kappa shape index (κ1) is 17.1. The Morgan fingerprint density at radius 1 is 1.14 bits per heavy atom. The monoisotopic (exact) mass is 298 g/mol. The highest BCUT2D eigenvalue weighted by molar-refractivity contribution is 5.97. The zero-order chi connectivity index (χ0) is 15.5. The van der Waals surface area contributed by atoms with Crippen LogP contribution in [0.2, 0.25) is 0 Å². The number of hydrogen-bond donors (Lipinski definition) is 2. The molecule has 0 amide bonds. The largest absolute Gasteiger partial charge is 0.490 e. The molecule has 118 valence electrons. The topological polar surface area (TPSA) is 95.5 Å². The molecule has 0 bridgehead atoms. The molecule has 0 aliphatic heterocycles. The number of methoxy groups -OCH3 is 1. The van der Waals surface area contributed by atoms with Crippen molar-refractivity contribution in [3.8, 4) is 11.5 Å². The second-order valence-corrected chi connectivity index (χ2v) is 4.03. The number of oxime groups is 1. The van der Waals surface area contributed by atoms with E-state index in [1.165, 1.54) is 0 Å². The summed E-state index contributed by atoms with van der Waals surface area (Å²) >= 11 is 0. The minimum atomic E-state index is 0.0189. The van der Waals surface area contributed by atoms with Crippen molar-refractivity contribution in [2.45, 2.75) is 6.92 Å². The third-order valence-corrected chi connectivity index (χ3v) is 2.56. The lowest BCUT2D eigenvalue weighted by atomic mass is 10.2. The van der Waals surface area contributed by atoms with Crippen LogP contribution in [0.3, 0.4) is 0 Å². The Bertz CT molecular complexity index is 451. The second kappa shape index (κ2) is 9.84. The second-order valence-electron chi connectivity index (χ2n) is 4.03. The van der Waals surface area contributed by atoms with E-state index in [0.717, 1.165) is 0 Å². The Morgan fingerprint density at radius 2 is 1.90 bits per heavy atom. The molecule has 0 saturated carbocycles. The average Bonchev–Trinajstić information content (AvgIpc) is 2.51. The molecule has 0 spiro atoms. The van der Waals surface area contributed by atoms with Gasteiger partial charge in [-0.1, -0.05) is 5.16 Å². The molecule has 0 heterocycles. The SMILES string of the molecule is CCOc1cc(C(N)=NO)ccc1OCCOCCOC. The standard InChI is InChI=1S/C14H22N2O5/c1-3-20-13-10-11(14(15)16-17)4-5-12(13)21-9-8-19-7-6-18-2/h4-5,10,17H,3,6-9H2,1-2H3,(H2,15,16). The molecule has 1 aromatic rings. The third-order valence-electron chi connectivity index (χ3n) is 2.56. The van der Waals surface area contributed by atoms with Gasteiger partial charge in [-0.25, -0.2) is 0 Å². The maximum Gasteiger partial charge on any atom is 0.170 e. The minimum Gasteiger partial charge on any atom is -0.490 e. The van der Waals surface area contributed by atoms with Crippen LogP contribution in [0.1, 0.15) is 12.5 Å². The molecular weight excluding hydrogens is 276 g/mol. The van der Waals surface area contributed by atoms with Gasteiger partial charge >= 0.3 is 0 Å². The Hall–Kier alpha value is -1.99. The zero-order valence-electron chi connectivity index (χ0n) is 12.4. The number of rotatable bonds is 10. The van der Waals surface area contributed by atoms with E-state index < -0.39 is 0 Å². The first-order chi connectivity index (χ1) is 10.2. The molecule has 1 aromatic carbocycles. The fraction of sp³-hybridized carbons (Fsp3) is 0.500. The number of benzene rings is 1. The van der Waals surface area contributed by atoms with Crippen LogP contribution >= 0.6 is 0 Å². The van der Waals surface area contributed by atoms with Crippen molar-refractivity contribution in [2.24, 2.45) is 10.9 Å². The van der Waals surface area contributed by atoms with Crippen molar-refractivity contribution >= 4 is 5.84 Å². The quantitative estimate of drug-likeness (QED) is 0.222. The summed E-state index contributed by atoms with van der Waals surface area (Å²) < 4.78 is 21.3. The van der Waals surface area contributed by atoms with E-state index in [1.54, 1.807) is 25.3 Å². The van der Waals surface area contributed by atoms with E-state index >= 15 is 0 Å². The van der Waals surface area contributed by atoms with E-state index in [-0.39, 0.29) is 5.84 Å². The van der Waals surface area contributed by atoms with Gasteiger partial charge in [0.1, 0.15) is 6.61 Å². The number of nitrogens with two attached hydrogens (primary N) is 1. The smallest absolute Gasteiger partial charge is 0.170 e. The van der Waals surface area contributed by atoms with Crippen LogP contribution < -0.4 is 15.2 Å². The number of ether oxygens (including phenoxy) is 4. The van der Waals surface area contributed by atoms with Gasteiger partial charge in [0, 0.05) is 12.7 Å². The van der Waals surface area contributed by atoms with Gasteiger partial charge < -0.3 is 29.9 Å². The van der Waals surface area contributed by atoms with E-state index in [1.807, 2.05) is 6.92 Å². The van der Waals surface area contributed by atoms with Crippen molar-refractivity contribution in [1.29, 1.82) is 0 Å². The summed E-state index contributed by atoms with van der Waals surface area (Å²) in [5.41, 5.74) is 6.11. The molecule has 0 fully saturated rings. The van der Waals surface area contributed by atoms with Gasteiger partial charge in [0.25, 0.3) is 0 Å². The molecule has 7 heteroatoms. The molecule has 0 atom stereocenters. The third kappa shape index (κ3) is 5.88. The maximum absolute atomic E-state index is 8.69. The van der Waals surface area contributed by atoms with Crippen LogP contribution in [-0.2, 0) is 9.47 Å². The van der Waals surface area contributed by atoms with Gasteiger partial charge in [-0.2, -0.15) is 0 Å². The maximum atomic E-state index is 8.69. The molecule has 0 aliphatic rings. The van der Waals surface area contributed by atoms with Gasteiger partial charge in [-0.05, 0) is 25.1 Å². The summed E-state index contributed by atoms with van der Waals surface area (Å²) in [6.07, 6.45) is 0. The first-order valence-electron chi connectivity index (χ1n) is 6.67. The van der Waals surface area contributed by atoms with Gasteiger partial charge in [-0.15, -0.1) is 0 Å². The molecule has 0 saturated heterocycles. The average molecular weight is 298 g/mol. The zero-order valence-corrected chi connectivity index (χ0v) is 12.4. The summed E-state index contributed by atoms with van der Waals surface area (Å²) in [6.45, 7) is 4.29. The molecule has 0 radical (unpaired) electrons. The molecule has 21 heavy (non-hydrogen) atoms. The highest BCUT2D eigenvalue weighted by Crippen LogP contribution is 2.28. The van der Waals surface area contributed by atoms with Gasteiger partial charge in [0.15, 0.2) is 17.3 Å². The van der Waals surface area contributed by atoms with Crippen LogP contribution in [0.5, 0.6) is 11.5 Å². The highest BCUT2D eigenvalue weighted by atomic mass is 16.5. The van der Waals surface area contributed by atoms with E-state index in [9.17, 15) is 0 Å². The Morgan fingerprint density at radius 3 is 2.57 bits per heavy atom. The van der Waals surface area contributed by atoms with E-state index in [2.05, 4.69) is 5.16 Å². The summed E-state index contributed by atoms with van der Waals surface area (Å²) in [5.74, 6) is 1.14. The fourth-order valence-electron chi connectivity index (χ4n) is 1.57. The number of nitrogens with zero attached hydrogens (tertiary/aromatic N) is 1. The molecule has 0 aromatic heterocycles. The Labute approximate surface area is 124 Å². The predicted octanol–water partition coefficient (Wildman–Crippen LogP) is 1.22. The first-order valence-corrected chi connectivity index (χ1v) is 6.67. The molecular formula is C14H22N2O5. The lowest BCUT2D eigenvalue weighted by Gasteiger charge is -2.13. The molecule has 1 rings (SSSR count). The number of hydrogen-bond acceptors (Lipinski definition) is 6. The van der Waals surface area contributed by atoms with E-state index in [0.29, 0.717) is 50.1 Å². The number of amidine groups is 1. The Kier molecular flexibility index (Phi) is 8.00. The minimum absolute atomic E-state index is 0.0189. The van der Waals surface area contributed by atoms with Crippen LogP contribution in [0.4, 0.5) is 0 Å². The van der Waals surface area contributed by atoms with Crippen molar-refractivity contribution in [2.75, 3.05) is 40.1 Å². The van der Waals surface area contributed by atoms with E-state index in [4.69, 9.17) is 29.9 Å². The highest BCUT2D eigenvalue weighted by Gasteiger charge is 2.09.